The highest BCUT2D eigenvalue weighted by molar-refractivity contribution is 5.67. The first-order valence-corrected chi connectivity index (χ1v) is 5.85. The number of anilines is 1. The monoisotopic (exact) mass is 237 g/mol. The standard InChI is InChI=1S/C12H16FN3O/c1-2-15-6-8-16(9-7-15)12-10(13)4-3-5-11(12)14-17/h3-5H,2,6-9H2,1H3. The third kappa shape index (κ3) is 2.44. The number of likely N-dealkylation sites (N-methyl/N-ethyl adjacent to an activating group) is 1. The normalized spacial score (nSPS) is 17.2. The van der Waals surface area contributed by atoms with E-state index < -0.39 is 0 Å². The molecule has 5 heteroatoms. The minimum atomic E-state index is -0.368. The zero-order chi connectivity index (χ0) is 12.3. The molecule has 0 unspecified atom stereocenters. The fraction of sp³-hybridized carbons (Fsp3) is 0.500. The molecule has 0 amide bonds. The Morgan fingerprint density at radius 3 is 2.59 bits per heavy atom. The Morgan fingerprint density at radius 1 is 1.29 bits per heavy atom. The smallest absolute Gasteiger partial charge is 0.148 e. The average Bonchev–Trinajstić information content (AvgIpc) is 2.38. The molecule has 0 radical (unpaired) electrons. The lowest BCUT2D eigenvalue weighted by molar-refractivity contribution is 0.270. The van der Waals surface area contributed by atoms with Gasteiger partial charge >= 0.3 is 0 Å². The van der Waals surface area contributed by atoms with Gasteiger partial charge in [0.25, 0.3) is 0 Å². The van der Waals surface area contributed by atoms with Gasteiger partial charge in [0.15, 0.2) is 0 Å². The van der Waals surface area contributed by atoms with Crippen LogP contribution in [0.1, 0.15) is 6.92 Å². The van der Waals surface area contributed by atoms with Gasteiger partial charge in [0.2, 0.25) is 0 Å². The number of nitroso groups, excluding NO2 is 1. The number of benzene rings is 1. The van der Waals surface area contributed by atoms with E-state index in [1.54, 1.807) is 6.07 Å². The molecule has 1 aromatic rings. The van der Waals surface area contributed by atoms with Gasteiger partial charge in [0, 0.05) is 26.2 Å². The second-order valence-electron chi connectivity index (χ2n) is 4.12. The zero-order valence-electron chi connectivity index (χ0n) is 9.90. The third-order valence-electron chi connectivity index (χ3n) is 3.20. The number of nitrogens with zero attached hydrogens (tertiary/aromatic N) is 3. The number of hydrogen-bond acceptors (Lipinski definition) is 4. The van der Waals surface area contributed by atoms with Gasteiger partial charge in [-0.3, -0.25) is 0 Å². The van der Waals surface area contributed by atoms with E-state index in [1.165, 1.54) is 12.1 Å². The predicted octanol–water partition coefficient (Wildman–Crippen LogP) is 2.37. The van der Waals surface area contributed by atoms with Crippen molar-refractivity contribution in [1.82, 2.24) is 4.90 Å². The largest absolute Gasteiger partial charge is 0.365 e. The summed E-state index contributed by atoms with van der Waals surface area (Å²) in [5, 5.41) is 2.90. The first-order valence-electron chi connectivity index (χ1n) is 5.85. The van der Waals surface area contributed by atoms with Crippen LogP contribution >= 0.6 is 0 Å². The van der Waals surface area contributed by atoms with E-state index in [4.69, 9.17) is 0 Å². The summed E-state index contributed by atoms with van der Waals surface area (Å²) in [5.41, 5.74) is 0.535. The van der Waals surface area contributed by atoms with Gasteiger partial charge in [-0.1, -0.05) is 13.0 Å². The summed E-state index contributed by atoms with van der Waals surface area (Å²) in [6.07, 6.45) is 0. The fourth-order valence-electron chi connectivity index (χ4n) is 2.18. The Hall–Kier alpha value is -1.49. The van der Waals surface area contributed by atoms with E-state index in [9.17, 15) is 9.30 Å². The van der Waals surface area contributed by atoms with Crippen molar-refractivity contribution in [2.24, 2.45) is 5.18 Å². The molecule has 0 saturated carbocycles. The van der Waals surface area contributed by atoms with Gasteiger partial charge in [-0.05, 0) is 23.9 Å². The van der Waals surface area contributed by atoms with Crippen LogP contribution in [-0.2, 0) is 0 Å². The van der Waals surface area contributed by atoms with Crippen molar-refractivity contribution in [2.45, 2.75) is 6.92 Å². The molecule has 2 rings (SSSR count). The van der Waals surface area contributed by atoms with Gasteiger partial charge in [-0.2, -0.15) is 0 Å². The van der Waals surface area contributed by atoms with Crippen molar-refractivity contribution in [3.05, 3.63) is 28.9 Å². The highest BCUT2D eigenvalue weighted by Gasteiger charge is 2.21. The van der Waals surface area contributed by atoms with E-state index in [1.807, 2.05) is 4.90 Å². The molecule has 1 aromatic carbocycles. The summed E-state index contributed by atoms with van der Waals surface area (Å²) < 4.78 is 13.7. The first kappa shape index (κ1) is 12.0. The Bertz CT molecular complexity index is 403. The van der Waals surface area contributed by atoms with Crippen LogP contribution in [0.3, 0.4) is 0 Å². The molecule has 0 aromatic heterocycles. The summed E-state index contributed by atoms with van der Waals surface area (Å²) in [5.74, 6) is -0.368. The van der Waals surface area contributed by atoms with Crippen LogP contribution in [0.25, 0.3) is 0 Å². The molecule has 1 saturated heterocycles. The Morgan fingerprint density at radius 2 is 2.00 bits per heavy atom. The highest BCUT2D eigenvalue weighted by atomic mass is 19.1. The second kappa shape index (κ2) is 5.23. The fourth-order valence-corrected chi connectivity index (χ4v) is 2.18. The molecule has 1 aliphatic heterocycles. The van der Waals surface area contributed by atoms with Crippen LogP contribution in [0.15, 0.2) is 23.4 Å². The van der Waals surface area contributed by atoms with Crippen molar-refractivity contribution in [1.29, 1.82) is 0 Å². The lowest BCUT2D eigenvalue weighted by atomic mass is 10.2. The molecule has 0 atom stereocenters. The molecular weight excluding hydrogens is 221 g/mol. The van der Waals surface area contributed by atoms with Crippen LogP contribution in [0.5, 0.6) is 0 Å². The number of para-hydroxylation sites is 1. The number of hydrogen-bond donors (Lipinski definition) is 0. The molecule has 92 valence electrons. The second-order valence-corrected chi connectivity index (χ2v) is 4.12. The highest BCUT2D eigenvalue weighted by Crippen LogP contribution is 2.31. The summed E-state index contributed by atoms with van der Waals surface area (Å²) in [6, 6.07) is 4.44. The van der Waals surface area contributed by atoms with Gasteiger partial charge in [-0.25, -0.2) is 4.39 Å². The van der Waals surface area contributed by atoms with Gasteiger partial charge in [0.1, 0.15) is 17.2 Å². The maximum absolute atomic E-state index is 13.7. The summed E-state index contributed by atoms with van der Waals surface area (Å²) in [4.78, 5) is 14.9. The van der Waals surface area contributed by atoms with E-state index in [2.05, 4.69) is 17.0 Å². The van der Waals surface area contributed by atoms with Crippen molar-refractivity contribution >= 4 is 11.4 Å². The van der Waals surface area contributed by atoms with E-state index in [-0.39, 0.29) is 11.5 Å². The van der Waals surface area contributed by atoms with Crippen LogP contribution in [0.4, 0.5) is 15.8 Å². The van der Waals surface area contributed by atoms with Gasteiger partial charge in [-0.15, -0.1) is 4.91 Å². The van der Waals surface area contributed by atoms with Gasteiger partial charge in [0.05, 0.1) is 0 Å². The van der Waals surface area contributed by atoms with Crippen LogP contribution < -0.4 is 4.90 Å². The number of halogens is 1. The maximum atomic E-state index is 13.7. The molecule has 1 fully saturated rings. The molecule has 0 N–H and O–H groups in total. The summed E-state index contributed by atoms with van der Waals surface area (Å²) in [6.45, 7) is 6.36. The van der Waals surface area contributed by atoms with Crippen molar-refractivity contribution in [2.75, 3.05) is 37.6 Å². The summed E-state index contributed by atoms with van der Waals surface area (Å²) in [7, 11) is 0. The number of rotatable bonds is 3. The van der Waals surface area contributed by atoms with Crippen molar-refractivity contribution in [3.8, 4) is 0 Å². The van der Waals surface area contributed by atoms with Crippen molar-refractivity contribution in [3.63, 3.8) is 0 Å². The van der Waals surface area contributed by atoms with Crippen LogP contribution in [-0.4, -0.2) is 37.6 Å². The van der Waals surface area contributed by atoms with Crippen molar-refractivity contribution < 1.29 is 4.39 Å². The lowest BCUT2D eigenvalue weighted by Crippen LogP contribution is -2.46. The molecule has 0 spiro atoms. The zero-order valence-corrected chi connectivity index (χ0v) is 9.90. The molecule has 0 bridgehead atoms. The quantitative estimate of drug-likeness (QED) is 0.757. The van der Waals surface area contributed by atoms with E-state index in [0.29, 0.717) is 5.69 Å². The summed E-state index contributed by atoms with van der Waals surface area (Å²) >= 11 is 0. The predicted molar refractivity (Wildman–Crippen MR) is 66.2 cm³/mol. The molecule has 4 nitrogen and oxygen atoms in total. The SMILES string of the molecule is CCN1CCN(c2c(F)cccc2N=O)CC1. The molecular formula is C12H16FN3O. The van der Waals surface area contributed by atoms with E-state index in [0.717, 1.165) is 32.7 Å². The van der Waals surface area contributed by atoms with Crippen LogP contribution in [0, 0.1) is 10.7 Å². The minimum absolute atomic E-state index is 0.190. The number of piperazine rings is 1. The van der Waals surface area contributed by atoms with E-state index >= 15 is 0 Å². The Labute approximate surface area is 100.0 Å². The average molecular weight is 237 g/mol. The third-order valence-corrected chi connectivity index (χ3v) is 3.20. The Balaban J connectivity index is 2.20. The minimum Gasteiger partial charge on any atom is -0.365 e. The first-order chi connectivity index (χ1) is 8.26. The van der Waals surface area contributed by atoms with Crippen LogP contribution in [0.2, 0.25) is 0 Å². The molecule has 1 aliphatic rings. The molecule has 1 heterocycles. The van der Waals surface area contributed by atoms with Gasteiger partial charge < -0.3 is 9.80 Å². The Kier molecular flexibility index (Phi) is 3.68. The topological polar surface area (TPSA) is 35.9 Å². The molecule has 0 aliphatic carbocycles. The molecule has 17 heavy (non-hydrogen) atoms. The lowest BCUT2D eigenvalue weighted by Gasteiger charge is -2.35. The maximum Gasteiger partial charge on any atom is 0.148 e.